The zero-order valence-corrected chi connectivity index (χ0v) is 19.1. The third-order valence-electron chi connectivity index (χ3n) is 6.59. The van der Waals surface area contributed by atoms with Crippen LogP contribution in [-0.2, 0) is 17.8 Å². The lowest BCUT2D eigenvalue weighted by Crippen LogP contribution is -2.48. The third-order valence-corrected chi connectivity index (χ3v) is 6.59. The molecule has 2 aliphatic rings. The van der Waals surface area contributed by atoms with E-state index in [1.165, 1.54) is 22.3 Å². The number of rotatable bonds is 8. The molecule has 0 spiro atoms. The Hall–Kier alpha value is -2.53. The summed E-state index contributed by atoms with van der Waals surface area (Å²) in [5, 5.41) is 3.38. The fraction of sp³-hybridized carbons (Fsp3) is 0.500. The number of carbonyl (C=O) groups is 1. The summed E-state index contributed by atoms with van der Waals surface area (Å²) < 4.78 is 11.2. The minimum atomic E-state index is 0.0510. The molecule has 0 bridgehead atoms. The van der Waals surface area contributed by atoms with Crippen LogP contribution < -0.4 is 14.8 Å². The SMILES string of the molecule is CCC(NC(=O)C1CC1)C1c2cc(OC)c(OC)cc2CCN1Cc1cccc(C)c1. The van der Waals surface area contributed by atoms with Crippen LogP contribution in [0.2, 0.25) is 0 Å². The Kier molecular flexibility index (Phi) is 6.51. The molecule has 1 aliphatic carbocycles. The van der Waals surface area contributed by atoms with Crippen molar-refractivity contribution in [1.82, 2.24) is 10.2 Å². The summed E-state index contributed by atoms with van der Waals surface area (Å²) in [6.45, 7) is 6.10. The average molecular weight is 423 g/mol. The number of amides is 1. The predicted molar refractivity (Wildman–Crippen MR) is 123 cm³/mol. The summed E-state index contributed by atoms with van der Waals surface area (Å²) in [6, 6.07) is 13.1. The molecule has 1 amide bonds. The van der Waals surface area contributed by atoms with Crippen molar-refractivity contribution in [3.05, 3.63) is 58.7 Å². The topological polar surface area (TPSA) is 50.8 Å². The molecule has 2 aromatic rings. The smallest absolute Gasteiger partial charge is 0.223 e. The van der Waals surface area contributed by atoms with Crippen LogP contribution in [0.3, 0.4) is 0 Å². The highest BCUT2D eigenvalue weighted by molar-refractivity contribution is 5.81. The highest BCUT2D eigenvalue weighted by Crippen LogP contribution is 2.41. The molecule has 2 atom stereocenters. The van der Waals surface area contributed by atoms with Crippen molar-refractivity contribution in [3.63, 3.8) is 0 Å². The second-order valence-electron chi connectivity index (χ2n) is 8.86. The summed E-state index contributed by atoms with van der Waals surface area (Å²) >= 11 is 0. The maximum Gasteiger partial charge on any atom is 0.223 e. The molecule has 2 unspecified atom stereocenters. The molecule has 1 heterocycles. The molecule has 0 aromatic heterocycles. The molecule has 1 saturated carbocycles. The van der Waals surface area contributed by atoms with Crippen LogP contribution in [0.1, 0.15) is 54.5 Å². The fourth-order valence-electron chi connectivity index (χ4n) is 4.77. The fourth-order valence-corrected chi connectivity index (χ4v) is 4.77. The summed E-state index contributed by atoms with van der Waals surface area (Å²) in [6.07, 6.45) is 3.86. The van der Waals surface area contributed by atoms with E-state index in [9.17, 15) is 4.79 Å². The van der Waals surface area contributed by atoms with Gasteiger partial charge in [0.25, 0.3) is 0 Å². The molecule has 1 aliphatic heterocycles. The van der Waals surface area contributed by atoms with Gasteiger partial charge >= 0.3 is 0 Å². The average Bonchev–Trinajstić information content (AvgIpc) is 3.62. The lowest BCUT2D eigenvalue weighted by Gasteiger charge is -2.42. The summed E-state index contributed by atoms with van der Waals surface area (Å²) in [4.78, 5) is 15.2. The molecule has 4 rings (SSSR count). The molecule has 2 aromatic carbocycles. The predicted octanol–water partition coefficient (Wildman–Crippen LogP) is 4.42. The van der Waals surface area contributed by atoms with E-state index in [2.05, 4.69) is 60.5 Å². The van der Waals surface area contributed by atoms with E-state index in [1.54, 1.807) is 14.2 Å². The summed E-state index contributed by atoms with van der Waals surface area (Å²) in [5.41, 5.74) is 5.09. The zero-order valence-electron chi connectivity index (χ0n) is 19.1. The van der Waals surface area contributed by atoms with Crippen LogP contribution >= 0.6 is 0 Å². The first-order valence-corrected chi connectivity index (χ1v) is 11.4. The number of methoxy groups -OCH3 is 2. The number of aryl methyl sites for hydroxylation is 1. The van der Waals surface area contributed by atoms with Crippen LogP contribution in [0.15, 0.2) is 36.4 Å². The molecule has 5 nitrogen and oxygen atoms in total. The monoisotopic (exact) mass is 422 g/mol. The van der Waals surface area contributed by atoms with Crippen LogP contribution in [0, 0.1) is 12.8 Å². The quantitative estimate of drug-likeness (QED) is 0.684. The van der Waals surface area contributed by atoms with Crippen LogP contribution in [-0.4, -0.2) is 37.6 Å². The number of benzene rings is 2. The Bertz CT molecular complexity index is 938. The molecule has 0 saturated heterocycles. The summed E-state index contributed by atoms with van der Waals surface area (Å²) in [7, 11) is 3.36. The maximum atomic E-state index is 12.7. The zero-order chi connectivity index (χ0) is 22.0. The largest absolute Gasteiger partial charge is 0.493 e. The molecule has 31 heavy (non-hydrogen) atoms. The Morgan fingerprint density at radius 2 is 1.90 bits per heavy atom. The van der Waals surface area contributed by atoms with E-state index in [0.717, 1.165) is 50.3 Å². The second kappa shape index (κ2) is 9.31. The number of nitrogens with zero attached hydrogens (tertiary/aromatic N) is 1. The Labute approximate surface area is 185 Å². The molecule has 1 fully saturated rings. The Morgan fingerprint density at radius 3 is 2.55 bits per heavy atom. The van der Waals surface area contributed by atoms with Crippen molar-refractivity contribution in [3.8, 4) is 11.5 Å². The second-order valence-corrected chi connectivity index (χ2v) is 8.86. The number of nitrogens with one attached hydrogen (secondary N) is 1. The molecular formula is C26H34N2O3. The highest BCUT2D eigenvalue weighted by Gasteiger charge is 2.37. The number of hydrogen-bond donors (Lipinski definition) is 1. The van der Waals surface area contributed by atoms with Gasteiger partial charge in [0.2, 0.25) is 5.91 Å². The van der Waals surface area contributed by atoms with Gasteiger partial charge in [-0.15, -0.1) is 0 Å². The van der Waals surface area contributed by atoms with Gasteiger partial charge in [0, 0.05) is 25.0 Å². The van der Waals surface area contributed by atoms with Crippen molar-refractivity contribution >= 4 is 5.91 Å². The van der Waals surface area contributed by atoms with Crippen molar-refractivity contribution in [2.75, 3.05) is 20.8 Å². The number of hydrogen-bond acceptors (Lipinski definition) is 4. The van der Waals surface area contributed by atoms with E-state index in [-0.39, 0.29) is 23.9 Å². The Balaban J connectivity index is 1.71. The number of carbonyl (C=O) groups excluding carboxylic acids is 1. The van der Waals surface area contributed by atoms with Crippen LogP contribution in [0.25, 0.3) is 0 Å². The van der Waals surface area contributed by atoms with E-state index in [1.807, 2.05) is 0 Å². The highest BCUT2D eigenvalue weighted by atomic mass is 16.5. The van der Waals surface area contributed by atoms with Gasteiger partial charge in [-0.2, -0.15) is 0 Å². The first kappa shape index (κ1) is 21.7. The molecule has 0 radical (unpaired) electrons. The third kappa shape index (κ3) is 4.72. The minimum Gasteiger partial charge on any atom is -0.493 e. The first-order valence-electron chi connectivity index (χ1n) is 11.4. The van der Waals surface area contributed by atoms with Gasteiger partial charge in [0.1, 0.15) is 0 Å². The lowest BCUT2D eigenvalue weighted by molar-refractivity contribution is -0.123. The molecule has 1 N–H and O–H groups in total. The van der Waals surface area contributed by atoms with Crippen molar-refractivity contribution < 1.29 is 14.3 Å². The van der Waals surface area contributed by atoms with Gasteiger partial charge in [-0.3, -0.25) is 9.69 Å². The van der Waals surface area contributed by atoms with Gasteiger partial charge in [-0.25, -0.2) is 0 Å². The van der Waals surface area contributed by atoms with Gasteiger partial charge in [-0.05, 0) is 61.4 Å². The van der Waals surface area contributed by atoms with Gasteiger partial charge in [0.15, 0.2) is 11.5 Å². The Morgan fingerprint density at radius 1 is 1.16 bits per heavy atom. The van der Waals surface area contributed by atoms with Gasteiger partial charge < -0.3 is 14.8 Å². The van der Waals surface area contributed by atoms with E-state index in [4.69, 9.17) is 9.47 Å². The minimum absolute atomic E-state index is 0.0510. The maximum absolute atomic E-state index is 12.7. The standard InChI is InChI=1S/C26H34N2O3/c1-5-22(27-26(29)19-9-10-19)25-21-15-24(31-4)23(30-3)14-20(21)11-12-28(25)16-18-8-6-7-17(2)13-18/h6-8,13-15,19,22,25H,5,9-12,16H2,1-4H3,(H,27,29). The van der Waals surface area contributed by atoms with Crippen molar-refractivity contribution in [1.29, 1.82) is 0 Å². The number of ether oxygens (including phenoxy) is 2. The van der Waals surface area contributed by atoms with Gasteiger partial charge in [-0.1, -0.05) is 36.8 Å². The number of fused-ring (bicyclic) bond motifs is 1. The first-order chi connectivity index (χ1) is 15.0. The molecule has 166 valence electrons. The van der Waals surface area contributed by atoms with Crippen molar-refractivity contribution in [2.24, 2.45) is 5.92 Å². The van der Waals surface area contributed by atoms with Crippen molar-refractivity contribution in [2.45, 2.75) is 58.2 Å². The normalized spacial score (nSPS) is 19.4. The van der Waals surface area contributed by atoms with E-state index >= 15 is 0 Å². The van der Waals surface area contributed by atoms with E-state index < -0.39 is 0 Å². The molecular weight excluding hydrogens is 388 g/mol. The lowest BCUT2D eigenvalue weighted by atomic mass is 9.86. The van der Waals surface area contributed by atoms with E-state index in [0.29, 0.717) is 0 Å². The summed E-state index contributed by atoms with van der Waals surface area (Å²) in [5.74, 6) is 1.91. The van der Waals surface area contributed by atoms with Crippen LogP contribution in [0.4, 0.5) is 0 Å². The molecule has 5 heteroatoms. The van der Waals surface area contributed by atoms with Gasteiger partial charge in [0.05, 0.1) is 20.3 Å². The van der Waals surface area contributed by atoms with Crippen LogP contribution in [0.5, 0.6) is 11.5 Å².